The number of cyclic esters (lactones) is 3. The van der Waals surface area contributed by atoms with Gasteiger partial charge in [-0.2, -0.15) is 0 Å². The van der Waals surface area contributed by atoms with Crippen LogP contribution in [0.5, 0.6) is 0 Å². The van der Waals surface area contributed by atoms with Crippen LogP contribution in [0.25, 0.3) is 0 Å². The van der Waals surface area contributed by atoms with Gasteiger partial charge in [-0.25, -0.2) is 14.4 Å². The summed E-state index contributed by atoms with van der Waals surface area (Å²) in [4.78, 5) is 46.2. The summed E-state index contributed by atoms with van der Waals surface area (Å²) in [6, 6.07) is 0. The van der Waals surface area contributed by atoms with Gasteiger partial charge in [-0.3, -0.25) is 4.79 Å². The third-order valence-electron chi connectivity index (χ3n) is 22.6. The molecule has 6 aliphatic heterocycles. The number of aliphatic hydroxyl groups excluding tert-OH is 2. The molecule has 6 aliphatic carbocycles. The predicted molar refractivity (Wildman–Crippen MR) is 276 cm³/mol. The van der Waals surface area contributed by atoms with Gasteiger partial charge < -0.3 is 43.4 Å². The quantitative estimate of drug-likeness (QED) is 0.0776. The van der Waals surface area contributed by atoms with Crippen molar-refractivity contribution in [3.8, 4) is 0 Å². The minimum absolute atomic E-state index is 0.0905. The molecule has 0 spiro atoms. The molecule has 0 radical (unpaired) electrons. The first-order valence-electron chi connectivity index (χ1n) is 28.1. The zero-order valence-corrected chi connectivity index (χ0v) is 45.1. The van der Waals surface area contributed by atoms with Crippen LogP contribution in [0.4, 0.5) is 0 Å². The Morgan fingerprint density at radius 1 is 0.500 bits per heavy atom. The van der Waals surface area contributed by atoms with E-state index >= 15 is 0 Å². The second-order valence-electron chi connectivity index (χ2n) is 26.2. The second-order valence-corrected chi connectivity index (χ2v) is 26.2. The summed E-state index contributed by atoms with van der Waals surface area (Å²) in [6.07, 6.45) is 20.7. The summed E-state index contributed by atoms with van der Waals surface area (Å²) < 4.78 is 37.4. The first-order chi connectivity index (χ1) is 35.1. The molecule has 13 heteroatoms. The third kappa shape index (κ3) is 8.67. The largest absolute Gasteiger partial charge is 0.459 e. The van der Waals surface area contributed by atoms with Crippen molar-refractivity contribution in [3.63, 3.8) is 0 Å². The Bertz CT molecular complexity index is 2300. The van der Waals surface area contributed by atoms with Crippen molar-refractivity contribution in [2.45, 2.75) is 174 Å². The molecular formula is C61H84O13. The zero-order chi connectivity index (χ0) is 52.8. The molecule has 6 heterocycles. The number of carbonyl (C=O) groups is 4. The van der Waals surface area contributed by atoms with Gasteiger partial charge in [0.15, 0.2) is 6.10 Å². The molecule has 0 aromatic heterocycles. The van der Waals surface area contributed by atoms with Gasteiger partial charge in [0.2, 0.25) is 0 Å². The van der Waals surface area contributed by atoms with Crippen molar-refractivity contribution in [1.29, 1.82) is 0 Å². The molecule has 12 aliphatic rings. The molecule has 0 amide bonds. The number of ether oxygens (including phenoxy) is 7. The second kappa shape index (κ2) is 19.8. The molecule has 0 unspecified atom stereocenters. The molecule has 2 N–H and O–H groups in total. The Balaban J connectivity index is 0.000000127. The number of carbonyl (C=O) groups excluding carboxylic acids is 4. The first kappa shape index (κ1) is 53.5. The average Bonchev–Trinajstić information content (AvgIpc) is 3.98. The van der Waals surface area contributed by atoms with Gasteiger partial charge in [0.05, 0.1) is 54.9 Å². The minimum Gasteiger partial charge on any atom is -0.459 e. The number of hydrogen-bond acceptors (Lipinski definition) is 13. The Morgan fingerprint density at radius 3 is 1.12 bits per heavy atom. The van der Waals surface area contributed by atoms with E-state index in [2.05, 4.69) is 61.3 Å². The molecule has 0 aromatic carbocycles. The Kier molecular flexibility index (Phi) is 14.4. The number of hydrogen-bond donors (Lipinski definition) is 2. The molecule has 0 aromatic rings. The van der Waals surface area contributed by atoms with E-state index in [1.54, 1.807) is 0 Å². The van der Waals surface area contributed by atoms with Crippen LogP contribution in [0, 0.1) is 68.0 Å². The van der Waals surface area contributed by atoms with Crippen molar-refractivity contribution in [1.82, 2.24) is 0 Å². The van der Waals surface area contributed by atoms with Gasteiger partial charge in [-0.1, -0.05) is 96.2 Å². The molecule has 406 valence electrons. The van der Waals surface area contributed by atoms with E-state index in [1.807, 2.05) is 18.2 Å². The van der Waals surface area contributed by atoms with E-state index < -0.39 is 18.3 Å². The van der Waals surface area contributed by atoms with Crippen LogP contribution in [0.3, 0.4) is 0 Å². The first-order valence-corrected chi connectivity index (χ1v) is 28.1. The van der Waals surface area contributed by atoms with E-state index in [0.29, 0.717) is 87.8 Å². The fourth-order valence-electron chi connectivity index (χ4n) is 18.1. The highest BCUT2D eigenvalue weighted by atomic mass is 16.6. The normalized spacial score (nSPS) is 48.2. The smallest absolute Gasteiger partial charge is 0.337 e. The highest BCUT2D eigenvalue weighted by molar-refractivity contribution is 5.92. The Labute approximate surface area is 438 Å². The van der Waals surface area contributed by atoms with Crippen LogP contribution in [0.2, 0.25) is 0 Å². The van der Waals surface area contributed by atoms with Gasteiger partial charge in [0.25, 0.3) is 6.47 Å². The van der Waals surface area contributed by atoms with Gasteiger partial charge in [-0.05, 0) is 148 Å². The highest BCUT2D eigenvalue weighted by Gasteiger charge is 2.65. The number of rotatable bonds is 8. The van der Waals surface area contributed by atoms with Gasteiger partial charge in [0.1, 0.15) is 32.0 Å². The Hall–Kier alpha value is -3.88. The molecule has 6 saturated carbocycles. The fraction of sp³-hybridized carbons (Fsp3) is 0.738. The summed E-state index contributed by atoms with van der Waals surface area (Å²) in [5.74, 6) is 1.86. The average molecular weight is 1030 g/mol. The van der Waals surface area contributed by atoms with Gasteiger partial charge in [0, 0.05) is 16.2 Å². The van der Waals surface area contributed by atoms with E-state index in [-0.39, 0.29) is 59.4 Å². The third-order valence-corrected chi connectivity index (χ3v) is 22.6. The molecule has 13 nitrogen and oxygen atoms in total. The molecule has 12 rings (SSSR count). The lowest BCUT2D eigenvalue weighted by Gasteiger charge is -2.65. The lowest BCUT2D eigenvalue weighted by molar-refractivity contribution is -0.262. The number of esters is 3. The molecule has 18 atom stereocenters. The van der Waals surface area contributed by atoms with Crippen LogP contribution in [0.1, 0.15) is 138 Å². The van der Waals surface area contributed by atoms with Crippen molar-refractivity contribution >= 4 is 24.4 Å². The highest BCUT2D eigenvalue weighted by Crippen LogP contribution is 2.68. The van der Waals surface area contributed by atoms with E-state index in [9.17, 15) is 29.4 Å². The molecular weight excluding hydrogens is 941 g/mol. The molecule has 74 heavy (non-hydrogen) atoms. The van der Waals surface area contributed by atoms with E-state index in [4.69, 9.17) is 33.2 Å². The maximum atomic E-state index is 12.0. The van der Waals surface area contributed by atoms with Crippen LogP contribution >= 0.6 is 0 Å². The SMILES string of the molecule is C=C1CC[C@@H]2[C@]3(C)CO[C@@H]3CC[C@@]2(C)[C@@H]1C/C=C1/C(=O)OC[C@@H]1O.C=C1CC[C@@H]2[C@]3(C)CO[C@@H]3CC[C@@]2(C)[C@@H]1C/C=C1/C(=O)OC[C@@H]1OC=O.C=C1CC[C@@H]2[C@]3(C)CO[C@@H]3CC[C@@]2(C)[C@@H]1C/C=C1/C(=O)OC[C@H]1O. The maximum Gasteiger partial charge on any atom is 0.337 e. The van der Waals surface area contributed by atoms with E-state index in [1.165, 1.54) is 36.0 Å². The predicted octanol–water partition coefficient (Wildman–Crippen LogP) is 9.21. The summed E-state index contributed by atoms with van der Waals surface area (Å²) >= 11 is 0. The molecule has 0 bridgehead atoms. The van der Waals surface area contributed by atoms with Crippen molar-refractivity contribution < 1.29 is 62.5 Å². The van der Waals surface area contributed by atoms with Crippen LogP contribution in [-0.2, 0) is 52.3 Å². The lowest BCUT2D eigenvalue weighted by atomic mass is 9.45. The topological polar surface area (TPSA) is 173 Å². The van der Waals surface area contributed by atoms with Crippen LogP contribution < -0.4 is 0 Å². The summed E-state index contributed by atoms with van der Waals surface area (Å²) in [5, 5.41) is 19.9. The van der Waals surface area contributed by atoms with Crippen molar-refractivity contribution in [2.24, 2.45) is 68.0 Å². The van der Waals surface area contributed by atoms with Gasteiger partial charge in [-0.15, -0.1) is 0 Å². The maximum absolute atomic E-state index is 12.0. The number of allylic oxidation sites excluding steroid dienone is 6. The van der Waals surface area contributed by atoms with Crippen LogP contribution in [-0.4, -0.2) is 111 Å². The van der Waals surface area contributed by atoms with E-state index in [0.717, 1.165) is 96.9 Å². The Morgan fingerprint density at radius 2 is 0.824 bits per heavy atom. The van der Waals surface area contributed by atoms with Crippen LogP contribution in [0.15, 0.2) is 71.4 Å². The number of aliphatic hydroxyl groups is 2. The minimum atomic E-state index is -0.772. The monoisotopic (exact) mass is 1020 g/mol. The zero-order valence-electron chi connectivity index (χ0n) is 45.1. The lowest BCUT2D eigenvalue weighted by Crippen LogP contribution is -2.64. The number of fused-ring (bicyclic) bond motifs is 9. The summed E-state index contributed by atoms with van der Waals surface area (Å²) in [5.41, 5.74) is 6.66. The van der Waals surface area contributed by atoms with Gasteiger partial charge >= 0.3 is 17.9 Å². The van der Waals surface area contributed by atoms with Crippen molar-refractivity contribution in [3.05, 3.63) is 71.4 Å². The standard InChI is InChI=1S/C21H28O5.2C20H28O4/c1-13-4-7-17-20(2,9-8-18-21(17,3)11-25-18)15(13)6-5-14-16(26-12-22)10-24-19(14)23;2*1-12-4-7-16-19(2,9-8-17-20(16,3)11-24-17)14(12)6-5-13-15(21)10-23-18(13)22/h5,12,15-18H,1,4,6-11H2,2-3H3;2*5,14-17,21H,1,4,6-11H2,2-3H3/b14-5+;2*13-5+/t15-,16+,17+,18-,20+,21+;14-,15+,16+,17-,19+,20+;14-,15-,16+,17-,19+,20+/m111/s1. The fourth-order valence-corrected chi connectivity index (χ4v) is 18.1. The molecule has 6 saturated heterocycles. The van der Waals surface area contributed by atoms with Crippen molar-refractivity contribution in [2.75, 3.05) is 39.6 Å². The summed E-state index contributed by atoms with van der Waals surface area (Å²) in [6.45, 7) is 30.8. The summed E-state index contributed by atoms with van der Waals surface area (Å²) in [7, 11) is 0. The molecule has 12 fully saturated rings.